The van der Waals surface area contributed by atoms with Crippen LogP contribution in [0.5, 0.6) is 0 Å². The number of amides is 3. The zero-order chi connectivity index (χ0) is 24.6. The van der Waals surface area contributed by atoms with Gasteiger partial charge in [-0.05, 0) is 50.4 Å². The first-order valence-corrected chi connectivity index (χ1v) is 11.8. The molecule has 1 atom stereocenters. The number of hydrogen-bond donors (Lipinski definition) is 1. The maximum absolute atomic E-state index is 13.6. The largest absolute Gasteiger partial charge is 0.352 e. The van der Waals surface area contributed by atoms with Gasteiger partial charge in [0.25, 0.3) is 5.91 Å². The molecule has 3 aromatic rings. The topological polar surface area (TPSA) is 69.7 Å². The standard InChI is InChI=1S/C26H25Cl2N3O3/c1-15(2)29-25(33)16(3)30(13-19-20(27)10-6-11-21(19)28)23(32)14-31-22-12-5-8-17-7-4-9-18(24(17)22)26(31)34/h4-12,15-16H,13-14H2,1-3H3,(H,29,33)/t16-/m1/s1. The minimum Gasteiger partial charge on any atom is -0.352 e. The molecule has 0 aliphatic carbocycles. The van der Waals surface area contributed by atoms with Gasteiger partial charge in [-0.15, -0.1) is 0 Å². The number of carbonyl (C=O) groups is 3. The van der Waals surface area contributed by atoms with Gasteiger partial charge in [0.2, 0.25) is 11.8 Å². The Morgan fingerprint density at radius 2 is 1.59 bits per heavy atom. The van der Waals surface area contributed by atoms with Crippen LogP contribution in [-0.2, 0) is 16.1 Å². The smallest absolute Gasteiger partial charge is 0.259 e. The van der Waals surface area contributed by atoms with Crippen molar-refractivity contribution in [2.24, 2.45) is 0 Å². The number of benzene rings is 3. The van der Waals surface area contributed by atoms with E-state index in [9.17, 15) is 14.4 Å². The number of nitrogens with one attached hydrogen (secondary N) is 1. The van der Waals surface area contributed by atoms with Crippen molar-refractivity contribution in [3.8, 4) is 0 Å². The highest BCUT2D eigenvalue weighted by Gasteiger charge is 2.34. The second kappa shape index (κ2) is 9.65. The number of nitrogens with zero attached hydrogens (tertiary/aromatic N) is 2. The second-order valence-electron chi connectivity index (χ2n) is 8.63. The second-order valence-corrected chi connectivity index (χ2v) is 9.45. The van der Waals surface area contributed by atoms with Gasteiger partial charge in [0.05, 0.1) is 5.69 Å². The van der Waals surface area contributed by atoms with Gasteiger partial charge < -0.3 is 10.2 Å². The van der Waals surface area contributed by atoms with E-state index in [4.69, 9.17) is 23.2 Å². The highest BCUT2D eigenvalue weighted by atomic mass is 35.5. The molecule has 0 radical (unpaired) electrons. The molecular formula is C26H25Cl2N3O3. The van der Waals surface area contributed by atoms with Gasteiger partial charge in [0.15, 0.2) is 0 Å². The zero-order valence-electron chi connectivity index (χ0n) is 19.1. The van der Waals surface area contributed by atoms with Crippen molar-refractivity contribution in [2.45, 2.75) is 39.4 Å². The lowest BCUT2D eigenvalue weighted by atomic mass is 10.1. The molecule has 1 aliphatic rings. The summed E-state index contributed by atoms with van der Waals surface area (Å²) in [6.07, 6.45) is 0. The van der Waals surface area contributed by atoms with Crippen LogP contribution in [0.15, 0.2) is 54.6 Å². The Kier molecular flexibility index (Phi) is 6.82. The maximum Gasteiger partial charge on any atom is 0.259 e. The Bertz CT molecular complexity index is 1270. The lowest BCUT2D eigenvalue weighted by Crippen LogP contribution is -2.52. The van der Waals surface area contributed by atoms with Crippen LogP contribution >= 0.6 is 23.2 Å². The van der Waals surface area contributed by atoms with Crippen LogP contribution < -0.4 is 10.2 Å². The molecule has 0 saturated heterocycles. The van der Waals surface area contributed by atoms with Crippen molar-refractivity contribution < 1.29 is 14.4 Å². The molecule has 0 aromatic heterocycles. The summed E-state index contributed by atoms with van der Waals surface area (Å²) < 4.78 is 0. The predicted molar refractivity (Wildman–Crippen MR) is 135 cm³/mol. The summed E-state index contributed by atoms with van der Waals surface area (Å²) >= 11 is 12.7. The molecular weight excluding hydrogens is 473 g/mol. The first-order chi connectivity index (χ1) is 16.2. The molecule has 8 heteroatoms. The molecule has 4 rings (SSSR count). The Morgan fingerprint density at radius 1 is 0.971 bits per heavy atom. The first-order valence-electron chi connectivity index (χ1n) is 11.1. The summed E-state index contributed by atoms with van der Waals surface area (Å²) in [5.41, 5.74) is 1.79. The Hall–Kier alpha value is -3.09. The predicted octanol–water partition coefficient (Wildman–Crippen LogP) is 5.05. The molecule has 3 aromatic carbocycles. The Morgan fingerprint density at radius 3 is 2.24 bits per heavy atom. The third-order valence-corrected chi connectivity index (χ3v) is 6.64. The molecule has 0 saturated carbocycles. The van der Waals surface area contributed by atoms with Crippen molar-refractivity contribution in [3.05, 3.63) is 75.8 Å². The molecule has 1 aliphatic heterocycles. The van der Waals surface area contributed by atoms with Crippen molar-refractivity contribution in [1.29, 1.82) is 0 Å². The summed E-state index contributed by atoms with van der Waals surface area (Å²) in [5, 5.41) is 5.41. The van der Waals surface area contributed by atoms with E-state index in [1.807, 2.05) is 44.2 Å². The van der Waals surface area contributed by atoms with Gasteiger partial charge in [-0.1, -0.05) is 53.5 Å². The number of halogens is 2. The summed E-state index contributed by atoms with van der Waals surface area (Å²) in [4.78, 5) is 42.6. The van der Waals surface area contributed by atoms with Gasteiger partial charge in [-0.25, -0.2) is 0 Å². The molecule has 0 fully saturated rings. The van der Waals surface area contributed by atoms with E-state index in [0.717, 1.165) is 10.8 Å². The number of rotatable bonds is 7. The van der Waals surface area contributed by atoms with Crippen molar-refractivity contribution in [1.82, 2.24) is 10.2 Å². The Balaban J connectivity index is 1.66. The van der Waals surface area contributed by atoms with Crippen LogP contribution in [0, 0.1) is 0 Å². The van der Waals surface area contributed by atoms with Crippen molar-refractivity contribution in [3.63, 3.8) is 0 Å². The molecule has 0 spiro atoms. The summed E-state index contributed by atoms with van der Waals surface area (Å²) in [5.74, 6) is -0.930. The van der Waals surface area contributed by atoms with Crippen LogP contribution in [0.25, 0.3) is 10.8 Å². The van der Waals surface area contributed by atoms with Crippen LogP contribution in [0.1, 0.15) is 36.7 Å². The van der Waals surface area contributed by atoms with Gasteiger partial charge in [-0.2, -0.15) is 0 Å². The zero-order valence-corrected chi connectivity index (χ0v) is 20.7. The number of hydrogen-bond acceptors (Lipinski definition) is 3. The SMILES string of the molecule is CC(C)NC(=O)[C@@H](C)N(Cc1c(Cl)cccc1Cl)C(=O)CN1C(=O)c2cccc3cccc1c23. The molecule has 1 heterocycles. The first kappa shape index (κ1) is 24.0. The fourth-order valence-electron chi connectivity index (χ4n) is 4.20. The quantitative estimate of drug-likeness (QED) is 0.496. The van der Waals surface area contributed by atoms with E-state index in [1.165, 1.54) is 9.80 Å². The molecule has 0 bridgehead atoms. The highest BCUT2D eigenvalue weighted by molar-refractivity contribution is 6.36. The lowest BCUT2D eigenvalue weighted by Gasteiger charge is -2.31. The lowest BCUT2D eigenvalue weighted by molar-refractivity contribution is -0.139. The average molecular weight is 498 g/mol. The highest BCUT2D eigenvalue weighted by Crippen LogP contribution is 2.37. The van der Waals surface area contributed by atoms with E-state index in [0.29, 0.717) is 26.9 Å². The minimum absolute atomic E-state index is 0.0310. The van der Waals surface area contributed by atoms with E-state index >= 15 is 0 Å². The molecule has 6 nitrogen and oxygen atoms in total. The van der Waals surface area contributed by atoms with Crippen LogP contribution in [0.3, 0.4) is 0 Å². The third kappa shape index (κ3) is 4.48. The van der Waals surface area contributed by atoms with E-state index in [1.54, 1.807) is 31.2 Å². The number of anilines is 1. The van der Waals surface area contributed by atoms with Crippen molar-refractivity contribution >= 4 is 57.4 Å². The van der Waals surface area contributed by atoms with Gasteiger partial charge in [0, 0.05) is 39.1 Å². The molecule has 34 heavy (non-hydrogen) atoms. The normalized spacial score (nSPS) is 13.5. The fraction of sp³-hybridized carbons (Fsp3) is 0.269. The number of carbonyl (C=O) groups excluding carboxylic acids is 3. The summed E-state index contributed by atoms with van der Waals surface area (Å²) in [6, 6.07) is 15.3. The molecule has 0 unspecified atom stereocenters. The maximum atomic E-state index is 13.6. The molecule has 3 amide bonds. The fourth-order valence-corrected chi connectivity index (χ4v) is 4.72. The van der Waals surface area contributed by atoms with Crippen molar-refractivity contribution in [2.75, 3.05) is 11.4 Å². The molecule has 1 N–H and O–H groups in total. The summed E-state index contributed by atoms with van der Waals surface area (Å²) in [7, 11) is 0. The minimum atomic E-state index is -0.807. The van der Waals surface area contributed by atoms with Crippen LogP contribution in [0.2, 0.25) is 10.0 Å². The third-order valence-electron chi connectivity index (χ3n) is 5.93. The monoisotopic (exact) mass is 497 g/mol. The summed E-state index contributed by atoms with van der Waals surface area (Å²) in [6.45, 7) is 5.17. The van der Waals surface area contributed by atoms with Gasteiger partial charge in [-0.3, -0.25) is 19.3 Å². The van der Waals surface area contributed by atoms with E-state index < -0.39 is 6.04 Å². The average Bonchev–Trinajstić information content (AvgIpc) is 3.06. The van der Waals surface area contributed by atoms with Crippen LogP contribution in [-0.4, -0.2) is 41.2 Å². The van der Waals surface area contributed by atoms with Crippen LogP contribution in [0.4, 0.5) is 5.69 Å². The van der Waals surface area contributed by atoms with E-state index in [-0.39, 0.29) is 36.9 Å². The van der Waals surface area contributed by atoms with E-state index in [2.05, 4.69) is 5.32 Å². The van der Waals surface area contributed by atoms with Gasteiger partial charge >= 0.3 is 0 Å². The molecule has 176 valence electrons. The Labute approximate surface area is 208 Å². The van der Waals surface area contributed by atoms with Gasteiger partial charge in [0.1, 0.15) is 12.6 Å².